The van der Waals surface area contributed by atoms with Crippen LogP contribution in [0.4, 0.5) is 0 Å². The topological polar surface area (TPSA) is 57.2 Å². The third-order valence-corrected chi connectivity index (χ3v) is 5.37. The van der Waals surface area contributed by atoms with Crippen LogP contribution >= 0.6 is 0 Å². The first-order valence-corrected chi connectivity index (χ1v) is 8.59. The van der Waals surface area contributed by atoms with E-state index in [0.717, 1.165) is 0 Å². The molecule has 124 valence electrons. The highest BCUT2D eigenvalue weighted by molar-refractivity contribution is 7.87. The predicted molar refractivity (Wildman–Crippen MR) is 91.7 cm³/mol. The Balaban J connectivity index is 0.00000208. The summed E-state index contributed by atoms with van der Waals surface area (Å²) in [6, 6.07) is 25.9. The first-order valence-electron chi connectivity index (χ1n) is 7.19. The van der Waals surface area contributed by atoms with E-state index < -0.39 is 14.9 Å². The number of hydrogen-bond acceptors (Lipinski definition) is 3. The van der Waals surface area contributed by atoms with Crippen LogP contribution in [0.25, 0.3) is 0 Å². The summed E-state index contributed by atoms with van der Waals surface area (Å²) in [5, 5.41) is 0. The maximum atomic E-state index is 12.5. The summed E-state index contributed by atoms with van der Waals surface area (Å²) in [7, 11) is -4.74. The van der Waals surface area contributed by atoms with Gasteiger partial charge in [-0.1, -0.05) is 91.0 Å². The SMILES string of the molecule is O=S(=O)([O-])C(c1ccccc1)(c1ccccc1)c1ccccc1.[IH2+]. The maximum absolute atomic E-state index is 12.5. The van der Waals surface area contributed by atoms with Crippen LogP contribution in [0.2, 0.25) is 0 Å². The van der Waals surface area contributed by atoms with Crippen LogP contribution in [0.15, 0.2) is 91.0 Å². The zero-order chi connectivity index (χ0) is 16.3. The van der Waals surface area contributed by atoms with Crippen molar-refractivity contribution in [2.45, 2.75) is 4.75 Å². The average molecular weight is 452 g/mol. The predicted octanol–water partition coefficient (Wildman–Crippen LogP) is -0.00770. The van der Waals surface area contributed by atoms with Gasteiger partial charge in [-0.3, -0.25) is 0 Å². The normalized spacial score (nSPS) is 11.5. The Labute approximate surface area is 159 Å². The van der Waals surface area contributed by atoms with Gasteiger partial charge in [0.1, 0.15) is 14.9 Å². The quantitative estimate of drug-likeness (QED) is 0.318. The van der Waals surface area contributed by atoms with Crippen LogP contribution < -0.4 is 24.0 Å². The number of rotatable bonds is 4. The molecule has 3 rings (SSSR count). The molecule has 0 aliphatic rings. The van der Waals surface area contributed by atoms with Crippen molar-refractivity contribution in [3.8, 4) is 0 Å². The van der Waals surface area contributed by atoms with Crippen LogP contribution in [0, 0.1) is 0 Å². The highest BCUT2D eigenvalue weighted by atomic mass is 127. The first-order chi connectivity index (χ1) is 11.1. The zero-order valence-corrected chi connectivity index (χ0v) is 16.1. The first kappa shape index (κ1) is 18.6. The van der Waals surface area contributed by atoms with E-state index in [-0.39, 0.29) is 24.0 Å². The van der Waals surface area contributed by atoms with Gasteiger partial charge in [0.05, 0.1) is 0 Å². The molecule has 0 saturated heterocycles. The fraction of sp³-hybridized carbons (Fsp3) is 0.0526. The van der Waals surface area contributed by atoms with Gasteiger partial charge in [-0.2, -0.15) is 0 Å². The van der Waals surface area contributed by atoms with E-state index in [1.54, 1.807) is 91.0 Å². The zero-order valence-electron chi connectivity index (χ0n) is 12.7. The van der Waals surface area contributed by atoms with Gasteiger partial charge >= 0.3 is 0 Å². The monoisotopic (exact) mass is 452 g/mol. The summed E-state index contributed by atoms with van der Waals surface area (Å²) in [4.78, 5) is 0. The second-order valence-electron chi connectivity index (χ2n) is 5.23. The molecule has 0 aromatic heterocycles. The van der Waals surface area contributed by atoms with Gasteiger partial charge in [0.25, 0.3) is 0 Å². The minimum absolute atomic E-state index is 0. The van der Waals surface area contributed by atoms with Crippen LogP contribution in [0.5, 0.6) is 0 Å². The Bertz CT molecular complexity index is 783. The molecule has 0 radical (unpaired) electrons. The lowest BCUT2D eigenvalue weighted by molar-refractivity contribution is -0.00000885. The van der Waals surface area contributed by atoms with Gasteiger partial charge in [0, 0.05) is 0 Å². The van der Waals surface area contributed by atoms with Gasteiger partial charge in [-0.05, 0) is 16.7 Å². The molecular formula is C19H17IO3S. The van der Waals surface area contributed by atoms with Crippen LogP contribution in [-0.4, -0.2) is 13.0 Å². The summed E-state index contributed by atoms with van der Waals surface area (Å²) in [5.41, 5.74) is 1.31. The van der Waals surface area contributed by atoms with Crippen molar-refractivity contribution in [1.29, 1.82) is 0 Å². The van der Waals surface area contributed by atoms with Crippen molar-refractivity contribution in [2.75, 3.05) is 0 Å². The Morgan fingerprint density at radius 3 is 1.04 bits per heavy atom. The molecule has 3 aromatic carbocycles. The maximum Gasteiger partial charge on any atom is 0.235 e. The van der Waals surface area contributed by atoms with Gasteiger partial charge in [-0.25, -0.2) is 8.42 Å². The summed E-state index contributed by atoms with van der Waals surface area (Å²) in [6.45, 7) is 0. The largest absolute Gasteiger partial charge is 0.747 e. The molecule has 0 saturated carbocycles. The molecule has 0 N–H and O–H groups in total. The number of benzene rings is 3. The second-order valence-corrected chi connectivity index (χ2v) is 6.75. The van der Waals surface area contributed by atoms with Crippen LogP contribution in [0.3, 0.4) is 0 Å². The molecule has 0 fully saturated rings. The molecule has 0 aliphatic heterocycles. The molecule has 3 aromatic rings. The highest BCUT2D eigenvalue weighted by Crippen LogP contribution is 2.43. The summed E-state index contributed by atoms with van der Waals surface area (Å²) in [5.74, 6) is 0. The number of hydrogen-bond donors (Lipinski definition) is 0. The Kier molecular flexibility index (Phi) is 5.79. The fourth-order valence-electron chi connectivity index (χ4n) is 2.95. The number of halogens is 1. The van der Waals surface area contributed by atoms with E-state index in [1.165, 1.54) is 0 Å². The fourth-order valence-corrected chi connectivity index (χ4v) is 4.23. The van der Waals surface area contributed by atoms with Crippen LogP contribution in [0.1, 0.15) is 16.7 Å². The Hall–Kier alpha value is -1.70. The molecule has 0 spiro atoms. The molecule has 0 aliphatic carbocycles. The molecule has 0 atom stereocenters. The lowest BCUT2D eigenvalue weighted by Crippen LogP contribution is -3.00. The van der Waals surface area contributed by atoms with E-state index in [4.69, 9.17) is 0 Å². The molecule has 3 nitrogen and oxygen atoms in total. The van der Waals surface area contributed by atoms with E-state index in [0.29, 0.717) is 16.7 Å². The van der Waals surface area contributed by atoms with Gasteiger partial charge in [0.15, 0.2) is 0 Å². The Morgan fingerprint density at radius 2 is 0.833 bits per heavy atom. The molecule has 0 heterocycles. The van der Waals surface area contributed by atoms with Crippen LogP contribution in [-0.2, 0) is 14.9 Å². The van der Waals surface area contributed by atoms with Crippen molar-refractivity contribution in [1.82, 2.24) is 0 Å². The molecular weight excluding hydrogens is 435 g/mol. The summed E-state index contributed by atoms with van der Waals surface area (Å²) >= 11 is 0. The van der Waals surface area contributed by atoms with E-state index >= 15 is 0 Å². The molecule has 0 unspecified atom stereocenters. The van der Waals surface area contributed by atoms with Crippen molar-refractivity contribution in [3.05, 3.63) is 108 Å². The van der Waals surface area contributed by atoms with Crippen molar-refractivity contribution in [2.24, 2.45) is 0 Å². The van der Waals surface area contributed by atoms with Crippen molar-refractivity contribution in [3.63, 3.8) is 0 Å². The lowest BCUT2D eigenvalue weighted by Gasteiger charge is -2.37. The van der Waals surface area contributed by atoms with Gasteiger partial charge in [-0.15, -0.1) is 0 Å². The molecule has 5 heteroatoms. The highest BCUT2D eigenvalue weighted by Gasteiger charge is 2.42. The van der Waals surface area contributed by atoms with E-state index in [1.807, 2.05) is 0 Å². The minimum Gasteiger partial charge on any atom is -0.747 e. The Morgan fingerprint density at radius 1 is 0.583 bits per heavy atom. The summed E-state index contributed by atoms with van der Waals surface area (Å²) < 4.78 is 35.7. The third-order valence-electron chi connectivity index (χ3n) is 3.92. The summed E-state index contributed by atoms with van der Waals surface area (Å²) in [6.07, 6.45) is 0. The lowest BCUT2D eigenvalue weighted by atomic mass is 9.84. The van der Waals surface area contributed by atoms with Gasteiger partial charge in [0.2, 0.25) is 24.0 Å². The van der Waals surface area contributed by atoms with E-state index in [2.05, 4.69) is 0 Å². The van der Waals surface area contributed by atoms with E-state index in [9.17, 15) is 13.0 Å². The smallest absolute Gasteiger partial charge is 0.235 e. The third kappa shape index (κ3) is 3.11. The average Bonchev–Trinajstić information content (AvgIpc) is 2.57. The van der Waals surface area contributed by atoms with Crippen molar-refractivity contribution >= 4 is 10.1 Å². The molecule has 0 amide bonds. The minimum atomic E-state index is -4.74. The second kappa shape index (κ2) is 7.46. The van der Waals surface area contributed by atoms with Crippen molar-refractivity contribution < 1.29 is 36.9 Å². The molecule has 24 heavy (non-hydrogen) atoms. The van der Waals surface area contributed by atoms with Gasteiger partial charge < -0.3 is 4.55 Å². The standard InChI is InChI=1S/C19H16O3S.H2I/c20-23(21,22)19(16-10-4-1-5-11-16,17-12-6-2-7-13-17)18-14-8-3-9-15-18;/h1-15H,(H,20,21,22);1H2/q;+1/p-1. The molecule has 0 bridgehead atoms.